The molecule has 0 aromatic carbocycles. The van der Waals surface area contributed by atoms with Crippen LogP contribution in [0.25, 0.3) is 0 Å². The first kappa shape index (κ1) is 8.32. The second kappa shape index (κ2) is 2.60. The zero-order valence-electron chi connectivity index (χ0n) is 6.79. The number of β-amino-alcohol motifs (C(OH)–C–C–N with tert-alkyl or cyclic N) is 1. The van der Waals surface area contributed by atoms with Crippen LogP contribution in [-0.4, -0.2) is 40.5 Å². The fourth-order valence-electron chi connectivity index (χ4n) is 1.75. The van der Waals surface area contributed by atoms with Crippen LogP contribution in [0.5, 0.6) is 0 Å². The smallest absolute Gasteiger partial charge is 0.237 e. The third kappa shape index (κ3) is 1.21. The van der Waals surface area contributed by atoms with Crippen molar-refractivity contribution in [3.05, 3.63) is 0 Å². The van der Waals surface area contributed by atoms with Crippen molar-refractivity contribution >= 4 is 17.5 Å². The normalized spacial score (nSPS) is 26.7. The van der Waals surface area contributed by atoms with E-state index in [1.54, 1.807) is 4.90 Å². The number of nitrogens with zero attached hydrogens (tertiary/aromatic N) is 1. The highest BCUT2D eigenvalue weighted by Crippen LogP contribution is 2.44. The summed E-state index contributed by atoms with van der Waals surface area (Å²) in [5.74, 6) is 0.402. The van der Waals surface area contributed by atoms with Crippen molar-refractivity contribution in [2.75, 3.05) is 19.0 Å². The van der Waals surface area contributed by atoms with Gasteiger partial charge in [-0.15, -0.1) is 11.6 Å². The number of aliphatic hydroxyl groups is 1. The van der Waals surface area contributed by atoms with Gasteiger partial charge in [0.05, 0.1) is 13.1 Å². The van der Waals surface area contributed by atoms with Gasteiger partial charge in [0.25, 0.3) is 0 Å². The van der Waals surface area contributed by atoms with Gasteiger partial charge in [0.15, 0.2) is 0 Å². The van der Waals surface area contributed by atoms with E-state index in [1.807, 2.05) is 0 Å². The summed E-state index contributed by atoms with van der Waals surface area (Å²) in [6.45, 7) is 0.979. The van der Waals surface area contributed by atoms with Crippen LogP contribution < -0.4 is 0 Å². The van der Waals surface area contributed by atoms with Gasteiger partial charge >= 0.3 is 0 Å². The number of likely N-dealkylation sites (tertiary alicyclic amines) is 1. The fraction of sp³-hybridized carbons (Fsp3) is 0.875. The molecule has 0 spiro atoms. The zero-order valence-corrected chi connectivity index (χ0v) is 7.55. The Bertz CT molecular complexity index is 209. The first-order valence-corrected chi connectivity index (χ1v) is 4.75. The molecule has 0 unspecified atom stereocenters. The molecule has 1 saturated heterocycles. The van der Waals surface area contributed by atoms with Gasteiger partial charge in [-0.25, -0.2) is 0 Å². The summed E-state index contributed by atoms with van der Waals surface area (Å²) in [4.78, 5) is 12.6. The highest BCUT2D eigenvalue weighted by Gasteiger charge is 2.52. The molecule has 2 rings (SSSR count). The third-order valence-electron chi connectivity index (χ3n) is 2.73. The van der Waals surface area contributed by atoms with Gasteiger partial charge in [0.1, 0.15) is 11.5 Å². The Morgan fingerprint density at radius 2 is 2.17 bits per heavy atom. The van der Waals surface area contributed by atoms with Crippen molar-refractivity contribution in [3.8, 4) is 0 Å². The van der Waals surface area contributed by atoms with Gasteiger partial charge in [0, 0.05) is 0 Å². The number of carbonyl (C=O) groups is 1. The molecular formula is C8H12ClNO2. The summed E-state index contributed by atoms with van der Waals surface area (Å²) in [6, 6.07) is 0. The molecule has 12 heavy (non-hydrogen) atoms. The van der Waals surface area contributed by atoms with E-state index in [9.17, 15) is 9.90 Å². The van der Waals surface area contributed by atoms with E-state index < -0.39 is 5.60 Å². The second-order valence-electron chi connectivity index (χ2n) is 3.76. The summed E-state index contributed by atoms with van der Waals surface area (Å²) in [5, 5.41) is 9.83. The van der Waals surface area contributed by atoms with Gasteiger partial charge in [-0.2, -0.15) is 0 Å². The van der Waals surface area contributed by atoms with Gasteiger partial charge in [-0.1, -0.05) is 0 Å². The lowest BCUT2D eigenvalue weighted by Crippen LogP contribution is -2.65. The van der Waals surface area contributed by atoms with E-state index >= 15 is 0 Å². The molecule has 2 fully saturated rings. The number of amides is 1. The zero-order chi connectivity index (χ0) is 8.77. The molecule has 4 heteroatoms. The standard InChI is InChI=1S/C8H12ClNO2/c9-3-7(11)10-4-8(12,5-10)6-1-2-6/h6,12H,1-5H2. The van der Waals surface area contributed by atoms with Crippen molar-refractivity contribution in [1.29, 1.82) is 0 Å². The van der Waals surface area contributed by atoms with Gasteiger partial charge in [0.2, 0.25) is 5.91 Å². The minimum absolute atomic E-state index is 0.0285. The lowest BCUT2D eigenvalue weighted by molar-refractivity contribution is -0.156. The third-order valence-corrected chi connectivity index (χ3v) is 2.96. The van der Waals surface area contributed by atoms with Crippen LogP contribution >= 0.6 is 11.6 Å². The van der Waals surface area contributed by atoms with Crippen molar-refractivity contribution in [1.82, 2.24) is 4.90 Å². The number of halogens is 1. The van der Waals surface area contributed by atoms with Gasteiger partial charge in [-0.05, 0) is 18.8 Å². The average molecular weight is 190 g/mol. The molecule has 1 N–H and O–H groups in total. The fourth-order valence-corrected chi connectivity index (χ4v) is 1.92. The molecule has 0 bridgehead atoms. The van der Waals surface area contributed by atoms with E-state index in [-0.39, 0.29) is 11.8 Å². The number of alkyl halides is 1. The summed E-state index contributed by atoms with van der Waals surface area (Å²) in [7, 11) is 0. The molecule has 68 valence electrons. The second-order valence-corrected chi connectivity index (χ2v) is 4.03. The maximum atomic E-state index is 11.0. The van der Waals surface area contributed by atoms with E-state index in [1.165, 1.54) is 0 Å². The molecule has 0 radical (unpaired) electrons. The molecule has 1 amide bonds. The first-order valence-electron chi connectivity index (χ1n) is 4.22. The van der Waals surface area contributed by atoms with Crippen molar-refractivity contribution < 1.29 is 9.90 Å². The summed E-state index contributed by atoms with van der Waals surface area (Å²) >= 11 is 5.37. The average Bonchev–Trinajstić information content (AvgIpc) is 2.79. The van der Waals surface area contributed by atoms with E-state index in [4.69, 9.17) is 11.6 Å². The highest BCUT2D eigenvalue weighted by atomic mass is 35.5. The molecule has 1 saturated carbocycles. The predicted octanol–water partition coefficient (Wildman–Crippen LogP) is 0.209. The summed E-state index contributed by atoms with van der Waals surface area (Å²) in [6.07, 6.45) is 2.22. The van der Waals surface area contributed by atoms with Crippen LogP contribution in [-0.2, 0) is 4.79 Å². The molecule has 2 aliphatic rings. The maximum Gasteiger partial charge on any atom is 0.237 e. The van der Waals surface area contributed by atoms with E-state index in [2.05, 4.69) is 0 Å². The highest BCUT2D eigenvalue weighted by molar-refractivity contribution is 6.27. The lowest BCUT2D eigenvalue weighted by atomic mass is 9.89. The Balaban J connectivity index is 1.85. The minimum atomic E-state index is -0.568. The molecule has 1 aliphatic carbocycles. The van der Waals surface area contributed by atoms with Crippen LogP contribution in [0.2, 0.25) is 0 Å². The predicted molar refractivity (Wildman–Crippen MR) is 45.0 cm³/mol. The van der Waals surface area contributed by atoms with Crippen molar-refractivity contribution in [2.45, 2.75) is 18.4 Å². The number of hydrogen-bond acceptors (Lipinski definition) is 2. The SMILES string of the molecule is O=C(CCl)N1CC(O)(C2CC2)C1. The van der Waals surface area contributed by atoms with Gasteiger partial charge in [-0.3, -0.25) is 4.79 Å². The van der Waals surface area contributed by atoms with E-state index in [0.29, 0.717) is 19.0 Å². The lowest BCUT2D eigenvalue weighted by Gasteiger charge is -2.46. The molecule has 0 aromatic heterocycles. The van der Waals surface area contributed by atoms with Crippen LogP contribution in [0, 0.1) is 5.92 Å². The topological polar surface area (TPSA) is 40.5 Å². The monoisotopic (exact) mass is 189 g/mol. The van der Waals surface area contributed by atoms with Crippen molar-refractivity contribution in [3.63, 3.8) is 0 Å². The van der Waals surface area contributed by atoms with Crippen molar-refractivity contribution in [2.24, 2.45) is 5.92 Å². The van der Waals surface area contributed by atoms with Crippen LogP contribution in [0.3, 0.4) is 0 Å². The Labute approximate surface area is 76.3 Å². The van der Waals surface area contributed by atoms with Crippen LogP contribution in [0.15, 0.2) is 0 Å². The molecule has 1 aliphatic heterocycles. The Morgan fingerprint density at radius 1 is 1.58 bits per heavy atom. The quantitative estimate of drug-likeness (QED) is 0.631. The first-order chi connectivity index (χ1) is 5.65. The molecule has 1 heterocycles. The van der Waals surface area contributed by atoms with E-state index in [0.717, 1.165) is 12.8 Å². The maximum absolute atomic E-state index is 11.0. The Morgan fingerprint density at radius 3 is 2.58 bits per heavy atom. The number of carbonyl (C=O) groups excluding carboxylic acids is 1. The van der Waals surface area contributed by atoms with Crippen LogP contribution in [0.4, 0.5) is 0 Å². The largest absolute Gasteiger partial charge is 0.386 e. The Kier molecular flexibility index (Phi) is 1.81. The Hall–Kier alpha value is -0.280. The minimum Gasteiger partial charge on any atom is -0.386 e. The summed E-state index contributed by atoms with van der Waals surface area (Å²) in [5.41, 5.74) is -0.568. The van der Waals surface area contributed by atoms with Gasteiger partial charge < -0.3 is 10.0 Å². The number of rotatable bonds is 2. The number of hydrogen-bond donors (Lipinski definition) is 1. The summed E-state index contributed by atoms with van der Waals surface area (Å²) < 4.78 is 0. The molecule has 0 aromatic rings. The van der Waals surface area contributed by atoms with Crippen LogP contribution in [0.1, 0.15) is 12.8 Å². The molecule has 3 nitrogen and oxygen atoms in total. The molecular weight excluding hydrogens is 178 g/mol. The molecule has 0 atom stereocenters.